The zero-order chi connectivity index (χ0) is 18.9. The van der Waals surface area contributed by atoms with Crippen LogP contribution in [0.3, 0.4) is 0 Å². The number of nitrogens with one attached hydrogen (secondary N) is 1. The van der Waals surface area contributed by atoms with Gasteiger partial charge in [0.2, 0.25) is 11.8 Å². The van der Waals surface area contributed by atoms with E-state index in [2.05, 4.69) is 16.3 Å². The lowest BCUT2D eigenvalue weighted by molar-refractivity contribution is -0.133. The number of rotatable bonds is 7. The van der Waals surface area contributed by atoms with Gasteiger partial charge < -0.3 is 10.2 Å². The lowest BCUT2D eigenvalue weighted by Gasteiger charge is -2.34. The molecule has 1 aliphatic heterocycles. The van der Waals surface area contributed by atoms with Crippen LogP contribution in [0.5, 0.6) is 0 Å². The highest BCUT2D eigenvalue weighted by molar-refractivity contribution is 5.79. The minimum atomic E-state index is -0.139. The third kappa shape index (κ3) is 6.28. The van der Waals surface area contributed by atoms with Gasteiger partial charge in [-0.25, -0.2) is 0 Å². The van der Waals surface area contributed by atoms with Gasteiger partial charge in [0.25, 0.3) is 0 Å². The van der Waals surface area contributed by atoms with E-state index in [-0.39, 0.29) is 29.7 Å². The third-order valence-electron chi connectivity index (χ3n) is 5.72. The second kappa shape index (κ2) is 10.5. The summed E-state index contributed by atoms with van der Waals surface area (Å²) in [5, 5.41) is 12.2. The van der Waals surface area contributed by atoms with Crippen LogP contribution in [-0.4, -0.2) is 60.4 Å². The highest BCUT2D eigenvalue weighted by atomic mass is 16.2. The maximum absolute atomic E-state index is 12.5. The summed E-state index contributed by atoms with van der Waals surface area (Å²) in [5.41, 5.74) is 0. The summed E-state index contributed by atoms with van der Waals surface area (Å²) in [6.07, 6.45) is 7.51. The Kier molecular flexibility index (Phi) is 8.37. The van der Waals surface area contributed by atoms with E-state index < -0.39 is 0 Å². The molecule has 2 fully saturated rings. The van der Waals surface area contributed by atoms with Crippen molar-refractivity contribution in [3.63, 3.8) is 0 Å². The van der Waals surface area contributed by atoms with Crippen molar-refractivity contribution in [2.75, 3.05) is 32.7 Å². The molecule has 0 aromatic carbocycles. The third-order valence-corrected chi connectivity index (χ3v) is 5.72. The summed E-state index contributed by atoms with van der Waals surface area (Å²) in [7, 11) is 0. The first-order valence-corrected chi connectivity index (χ1v) is 10.2. The molecule has 146 valence electrons. The van der Waals surface area contributed by atoms with Crippen molar-refractivity contribution >= 4 is 11.8 Å². The molecule has 1 saturated carbocycles. The first-order chi connectivity index (χ1) is 12.5. The molecule has 6 nitrogen and oxygen atoms in total. The summed E-state index contributed by atoms with van der Waals surface area (Å²) < 4.78 is 0. The Morgan fingerprint density at radius 3 is 2.42 bits per heavy atom. The van der Waals surface area contributed by atoms with Crippen LogP contribution < -0.4 is 5.32 Å². The number of amides is 2. The van der Waals surface area contributed by atoms with Crippen molar-refractivity contribution in [3.8, 4) is 6.07 Å². The van der Waals surface area contributed by atoms with Gasteiger partial charge in [-0.05, 0) is 39.5 Å². The number of nitriles is 1. The van der Waals surface area contributed by atoms with E-state index in [0.29, 0.717) is 19.6 Å². The zero-order valence-corrected chi connectivity index (χ0v) is 16.4. The topological polar surface area (TPSA) is 76.4 Å². The molecule has 2 rings (SSSR count). The van der Waals surface area contributed by atoms with Crippen molar-refractivity contribution in [1.29, 1.82) is 5.26 Å². The van der Waals surface area contributed by atoms with Crippen molar-refractivity contribution in [2.24, 2.45) is 11.8 Å². The maximum Gasteiger partial charge on any atom is 0.236 e. The van der Waals surface area contributed by atoms with Gasteiger partial charge in [-0.15, -0.1) is 0 Å². The molecule has 1 unspecified atom stereocenters. The van der Waals surface area contributed by atoms with Gasteiger partial charge in [-0.3, -0.25) is 14.5 Å². The van der Waals surface area contributed by atoms with Gasteiger partial charge in [0.05, 0.1) is 18.5 Å². The van der Waals surface area contributed by atoms with Gasteiger partial charge in [0.1, 0.15) is 0 Å². The Morgan fingerprint density at radius 2 is 1.85 bits per heavy atom. The van der Waals surface area contributed by atoms with Crippen molar-refractivity contribution in [2.45, 2.75) is 64.8 Å². The molecule has 0 bridgehead atoms. The summed E-state index contributed by atoms with van der Waals surface area (Å²) in [4.78, 5) is 28.8. The number of hydrogen-bond donors (Lipinski definition) is 1. The molecule has 1 N–H and O–H groups in total. The van der Waals surface area contributed by atoms with Gasteiger partial charge in [0.15, 0.2) is 0 Å². The van der Waals surface area contributed by atoms with Gasteiger partial charge in [-0.1, -0.05) is 19.3 Å². The van der Waals surface area contributed by atoms with Crippen molar-refractivity contribution < 1.29 is 9.59 Å². The Morgan fingerprint density at radius 1 is 1.19 bits per heavy atom. The number of carbonyl (C=O) groups is 2. The molecule has 0 aromatic rings. The van der Waals surface area contributed by atoms with E-state index >= 15 is 0 Å². The minimum Gasteiger partial charge on any atom is -0.353 e. The largest absolute Gasteiger partial charge is 0.353 e. The molecule has 0 aromatic heterocycles. The summed E-state index contributed by atoms with van der Waals surface area (Å²) in [6, 6.07) is 2.44. The highest BCUT2D eigenvalue weighted by Crippen LogP contribution is 2.24. The Labute approximate surface area is 157 Å². The number of piperidine rings is 1. The molecular weight excluding hydrogens is 328 g/mol. The van der Waals surface area contributed by atoms with Crippen LogP contribution in [-0.2, 0) is 9.59 Å². The number of hydrogen-bond acceptors (Lipinski definition) is 4. The fraction of sp³-hybridized carbons (Fsp3) is 0.850. The zero-order valence-electron chi connectivity index (χ0n) is 16.4. The molecule has 1 heterocycles. The molecule has 6 heteroatoms. The van der Waals surface area contributed by atoms with E-state index in [0.717, 1.165) is 38.8 Å². The molecule has 1 aliphatic carbocycles. The maximum atomic E-state index is 12.5. The molecule has 0 spiro atoms. The highest BCUT2D eigenvalue weighted by Gasteiger charge is 2.27. The van der Waals surface area contributed by atoms with Crippen LogP contribution >= 0.6 is 0 Å². The van der Waals surface area contributed by atoms with Gasteiger partial charge in [-0.2, -0.15) is 5.26 Å². The molecule has 0 radical (unpaired) electrons. The Balaban J connectivity index is 1.71. The van der Waals surface area contributed by atoms with Gasteiger partial charge in [0, 0.05) is 38.1 Å². The van der Waals surface area contributed by atoms with E-state index in [1.54, 1.807) is 4.90 Å². The number of nitrogens with zero attached hydrogens (tertiary/aromatic N) is 3. The van der Waals surface area contributed by atoms with Crippen molar-refractivity contribution in [3.05, 3.63) is 0 Å². The molecule has 2 amide bonds. The Hall–Kier alpha value is -1.61. The fourth-order valence-electron chi connectivity index (χ4n) is 3.99. The van der Waals surface area contributed by atoms with Crippen LogP contribution in [0, 0.1) is 23.2 Å². The van der Waals surface area contributed by atoms with Crippen LogP contribution in [0.25, 0.3) is 0 Å². The lowest BCUT2D eigenvalue weighted by Crippen LogP contribution is -2.49. The quantitative estimate of drug-likeness (QED) is 0.753. The number of carbonyl (C=O) groups excluding carboxylic acids is 2. The second-order valence-corrected chi connectivity index (χ2v) is 7.86. The second-order valence-electron chi connectivity index (χ2n) is 7.86. The number of likely N-dealkylation sites (tertiary alicyclic amines) is 1. The van der Waals surface area contributed by atoms with E-state index in [9.17, 15) is 9.59 Å². The standard InChI is InChI=1S/C20H34N4O2/c1-3-24(14-16(2)13-21)19(25)15-23-11-9-18(10-12-23)22-20(26)17-7-5-4-6-8-17/h16-18H,3-12,14-15H2,1-2H3,(H,22,26). The summed E-state index contributed by atoms with van der Waals surface area (Å²) in [5.74, 6) is 0.407. The smallest absolute Gasteiger partial charge is 0.236 e. The average molecular weight is 363 g/mol. The predicted octanol–water partition coefficient (Wildman–Crippen LogP) is 2.16. The summed E-state index contributed by atoms with van der Waals surface area (Å²) >= 11 is 0. The van der Waals surface area contributed by atoms with Crippen LogP contribution in [0.15, 0.2) is 0 Å². The first kappa shape index (κ1) is 20.7. The van der Waals surface area contributed by atoms with E-state index in [1.165, 1.54) is 19.3 Å². The first-order valence-electron chi connectivity index (χ1n) is 10.2. The Bertz CT molecular complexity index is 502. The van der Waals surface area contributed by atoms with Crippen LogP contribution in [0.1, 0.15) is 58.8 Å². The summed E-state index contributed by atoms with van der Waals surface area (Å²) in [6.45, 7) is 7.03. The van der Waals surface area contributed by atoms with E-state index in [1.807, 2.05) is 13.8 Å². The molecule has 2 aliphatic rings. The SMILES string of the molecule is CCN(CC(C)C#N)C(=O)CN1CCC(NC(=O)C2CCCCC2)CC1. The normalized spacial score (nSPS) is 21.0. The minimum absolute atomic E-state index is 0.0966. The monoisotopic (exact) mass is 362 g/mol. The molecule has 26 heavy (non-hydrogen) atoms. The van der Waals surface area contributed by atoms with Crippen LogP contribution in [0.2, 0.25) is 0 Å². The predicted molar refractivity (Wildman–Crippen MR) is 101 cm³/mol. The molecular formula is C20H34N4O2. The fourth-order valence-corrected chi connectivity index (χ4v) is 3.99. The average Bonchev–Trinajstić information content (AvgIpc) is 2.67. The van der Waals surface area contributed by atoms with Gasteiger partial charge >= 0.3 is 0 Å². The lowest BCUT2D eigenvalue weighted by atomic mass is 9.88. The van der Waals surface area contributed by atoms with Crippen molar-refractivity contribution in [1.82, 2.24) is 15.1 Å². The van der Waals surface area contributed by atoms with Crippen LogP contribution in [0.4, 0.5) is 0 Å². The number of likely N-dealkylation sites (N-methyl/N-ethyl adjacent to an activating group) is 1. The molecule has 1 saturated heterocycles. The molecule has 1 atom stereocenters. The van der Waals surface area contributed by atoms with E-state index in [4.69, 9.17) is 5.26 Å².